The average Bonchev–Trinajstić information content (AvgIpc) is 3.28. The molecule has 6 heteroatoms. The van der Waals surface area contributed by atoms with E-state index in [9.17, 15) is 4.79 Å². The molecule has 0 bridgehead atoms. The fourth-order valence-corrected chi connectivity index (χ4v) is 2.85. The summed E-state index contributed by atoms with van der Waals surface area (Å²) in [6.45, 7) is 2.29. The summed E-state index contributed by atoms with van der Waals surface area (Å²) in [7, 11) is 0. The van der Waals surface area contributed by atoms with Gasteiger partial charge in [-0.3, -0.25) is 9.69 Å². The standard InChI is InChI=1S/C15H18ClNO4/c16-12-7-10(8-13-15(12)21-6-5-20-13)9-17(11-1-2-11)4-3-14(18)19/h7-8,11H,1-6,9H2,(H,18,19). The minimum atomic E-state index is -0.763. The molecule has 0 spiro atoms. The van der Waals surface area contributed by atoms with Gasteiger partial charge in [0.1, 0.15) is 13.2 Å². The van der Waals surface area contributed by atoms with Crippen molar-refractivity contribution >= 4 is 17.6 Å². The Morgan fingerprint density at radius 1 is 1.33 bits per heavy atom. The maximum absolute atomic E-state index is 10.8. The third-order valence-corrected chi connectivity index (χ3v) is 4.00. The zero-order valence-corrected chi connectivity index (χ0v) is 12.4. The van der Waals surface area contributed by atoms with Crippen LogP contribution in [-0.2, 0) is 11.3 Å². The monoisotopic (exact) mass is 311 g/mol. The number of ether oxygens (including phenoxy) is 2. The van der Waals surface area contributed by atoms with Gasteiger partial charge < -0.3 is 14.6 Å². The molecular weight excluding hydrogens is 294 g/mol. The normalized spacial score (nSPS) is 17.0. The first-order valence-electron chi connectivity index (χ1n) is 7.17. The lowest BCUT2D eigenvalue weighted by Gasteiger charge is -2.24. The lowest BCUT2D eigenvalue weighted by molar-refractivity contribution is -0.137. The lowest BCUT2D eigenvalue weighted by atomic mass is 10.1. The molecule has 2 aliphatic rings. The van der Waals surface area contributed by atoms with E-state index in [0.717, 1.165) is 18.4 Å². The number of carboxylic acid groups (broad SMARTS) is 1. The van der Waals surface area contributed by atoms with Crippen LogP contribution in [0.5, 0.6) is 11.5 Å². The molecule has 3 rings (SSSR count). The number of nitrogens with zero attached hydrogens (tertiary/aromatic N) is 1. The van der Waals surface area contributed by atoms with Gasteiger partial charge in [-0.2, -0.15) is 0 Å². The van der Waals surface area contributed by atoms with Crippen molar-refractivity contribution in [1.82, 2.24) is 4.90 Å². The quantitative estimate of drug-likeness (QED) is 0.875. The van der Waals surface area contributed by atoms with Crippen LogP contribution in [0.1, 0.15) is 24.8 Å². The molecule has 1 fully saturated rings. The molecule has 0 radical (unpaired) electrons. The van der Waals surface area contributed by atoms with Gasteiger partial charge in [0.05, 0.1) is 11.4 Å². The number of hydrogen-bond donors (Lipinski definition) is 1. The highest BCUT2D eigenvalue weighted by atomic mass is 35.5. The van der Waals surface area contributed by atoms with Crippen LogP contribution in [0.25, 0.3) is 0 Å². The van der Waals surface area contributed by atoms with Crippen LogP contribution < -0.4 is 9.47 Å². The molecule has 0 amide bonds. The molecular formula is C15H18ClNO4. The summed E-state index contributed by atoms with van der Waals surface area (Å²) in [5.41, 5.74) is 1.03. The fraction of sp³-hybridized carbons (Fsp3) is 0.533. The van der Waals surface area contributed by atoms with Gasteiger partial charge in [-0.25, -0.2) is 0 Å². The van der Waals surface area contributed by atoms with Gasteiger partial charge in [0, 0.05) is 19.1 Å². The zero-order valence-electron chi connectivity index (χ0n) is 11.7. The minimum Gasteiger partial charge on any atom is -0.486 e. The highest BCUT2D eigenvalue weighted by Crippen LogP contribution is 2.39. The van der Waals surface area contributed by atoms with E-state index in [0.29, 0.717) is 48.9 Å². The lowest BCUT2D eigenvalue weighted by Crippen LogP contribution is -2.28. The van der Waals surface area contributed by atoms with Crippen LogP contribution in [0.4, 0.5) is 0 Å². The van der Waals surface area contributed by atoms with Crippen molar-refractivity contribution < 1.29 is 19.4 Å². The van der Waals surface area contributed by atoms with E-state index in [1.807, 2.05) is 12.1 Å². The molecule has 21 heavy (non-hydrogen) atoms. The zero-order chi connectivity index (χ0) is 14.8. The van der Waals surface area contributed by atoms with Gasteiger partial charge >= 0.3 is 5.97 Å². The summed E-state index contributed by atoms with van der Waals surface area (Å²) in [5, 5.41) is 9.40. The molecule has 0 unspecified atom stereocenters. The van der Waals surface area contributed by atoms with Gasteiger partial charge in [0.15, 0.2) is 11.5 Å². The maximum atomic E-state index is 10.8. The summed E-state index contributed by atoms with van der Waals surface area (Å²) in [6, 6.07) is 4.32. The van der Waals surface area contributed by atoms with E-state index in [-0.39, 0.29) is 6.42 Å². The molecule has 0 saturated heterocycles. The van der Waals surface area contributed by atoms with E-state index in [1.165, 1.54) is 0 Å². The van der Waals surface area contributed by atoms with E-state index < -0.39 is 5.97 Å². The largest absolute Gasteiger partial charge is 0.486 e. The van der Waals surface area contributed by atoms with Crippen molar-refractivity contribution in [2.45, 2.75) is 31.8 Å². The van der Waals surface area contributed by atoms with Crippen LogP contribution >= 0.6 is 11.6 Å². The van der Waals surface area contributed by atoms with Gasteiger partial charge in [-0.05, 0) is 30.5 Å². The number of rotatable bonds is 6. The number of fused-ring (bicyclic) bond motifs is 1. The number of hydrogen-bond acceptors (Lipinski definition) is 4. The highest BCUT2D eigenvalue weighted by Gasteiger charge is 2.29. The number of carboxylic acids is 1. The molecule has 1 aromatic rings. The Balaban J connectivity index is 1.73. The summed E-state index contributed by atoms with van der Waals surface area (Å²) >= 11 is 6.24. The van der Waals surface area contributed by atoms with Crippen molar-refractivity contribution in [2.75, 3.05) is 19.8 Å². The Kier molecular flexibility index (Phi) is 4.22. The number of carbonyl (C=O) groups is 1. The number of benzene rings is 1. The molecule has 0 atom stereocenters. The summed E-state index contributed by atoms with van der Waals surface area (Å²) in [6.07, 6.45) is 2.44. The molecule has 0 aromatic heterocycles. The van der Waals surface area contributed by atoms with E-state index >= 15 is 0 Å². The molecule has 1 aliphatic carbocycles. The Bertz CT molecular complexity index is 545. The summed E-state index contributed by atoms with van der Waals surface area (Å²) < 4.78 is 11.1. The molecule has 5 nitrogen and oxygen atoms in total. The Hall–Kier alpha value is -1.46. The molecule has 1 N–H and O–H groups in total. The predicted molar refractivity (Wildman–Crippen MR) is 78.1 cm³/mol. The van der Waals surface area contributed by atoms with Gasteiger partial charge in [-0.1, -0.05) is 11.6 Å². The third-order valence-electron chi connectivity index (χ3n) is 3.72. The second-order valence-electron chi connectivity index (χ2n) is 5.45. The van der Waals surface area contributed by atoms with Crippen LogP contribution in [0.3, 0.4) is 0 Å². The SMILES string of the molecule is O=C(O)CCN(Cc1cc(Cl)c2c(c1)OCCO2)C1CC1. The van der Waals surface area contributed by atoms with Gasteiger partial charge in [0.2, 0.25) is 0 Å². The molecule has 1 aromatic carbocycles. The van der Waals surface area contributed by atoms with Crippen molar-refractivity contribution in [3.05, 3.63) is 22.7 Å². The topological polar surface area (TPSA) is 59.0 Å². The molecule has 114 valence electrons. The predicted octanol–water partition coefficient (Wildman–Crippen LogP) is 2.55. The van der Waals surface area contributed by atoms with Crippen LogP contribution in [0.15, 0.2) is 12.1 Å². The van der Waals surface area contributed by atoms with Crippen molar-refractivity contribution in [3.63, 3.8) is 0 Å². The van der Waals surface area contributed by atoms with E-state index in [2.05, 4.69) is 4.90 Å². The van der Waals surface area contributed by atoms with Crippen molar-refractivity contribution in [3.8, 4) is 11.5 Å². The number of aliphatic carboxylic acids is 1. The molecule has 1 saturated carbocycles. The molecule has 1 heterocycles. The first-order chi connectivity index (χ1) is 10.1. The van der Waals surface area contributed by atoms with Crippen molar-refractivity contribution in [2.24, 2.45) is 0 Å². The summed E-state index contributed by atoms with van der Waals surface area (Å²) in [5.74, 6) is 0.522. The van der Waals surface area contributed by atoms with Crippen molar-refractivity contribution in [1.29, 1.82) is 0 Å². The van der Waals surface area contributed by atoms with Crippen LogP contribution in [-0.4, -0.2) is 41.8 Å². The van der Waals surface area contributed by atoms with Gasteiger partial charge in [0.25, 0.3) is 0 Å². The maximum Gasteiger partial charge on any atom is 0.304 e. The smallest absolute Gasteiger partial charge is 0.304 e. The molecule has 1 aliphatic heterocycles. The second kappa shape index (κ2) is 6.12. The van der Waals surface area contributed by atoms with E-state index in [1.54, 1.807) is 0 Å². The minimum absolute atomic E-state index is 0.161. The summed E-state index contributed by atoms with van der Waals surface area (Å²) in [4.78, 5) is 13.0. The average molecular weight is 312 g/mol. The Morgan fingerprint density at radius 2 is 2.10 bits per heavy atom. The highest BCUT2D eigenvalue weighted by molar-refractivity contribution is 6.32. The number of halogens is 1. The van der Waals surface area contributed by atoms with Gasteiger partial charge in [-0.15, -0.1) is 0 Å². The first-order valence-corrected chi connectivity index (χ1v) is 7.55. The van der Waals surface area contributed by atoms with Crippen LogP contribution in [0.2, 0.25) is 5.02 Å². The Labute approximate surface area is 128 Å². The van der Waals surface area contributed by atoms with E-state index in [4.69, 9.17) is 26.2 Å². The Morgan fingerprint density at radius 3 is 2.81 bits per heavy atom. The first kappa shape index (κ1) is 14.5. The second-order valence-corrected chi connectivity index (χ2v) is 5.85. The van der Waals surface area contributed by atoms with Crippen LogP contribution in [0, 0.1) is 0 Å². The third kappa shape index (κ3) is 3.60. The fourth-order valence-electron chi connectivity index (χ4n) is 2.56.